The number of benzene rings is 1. The number of halogens is 1. The van der Waals surface area contributed by atoms with Crippen LogP contribution in [0.2, 0.25) is 0 Å². The van der Waals surface area contributed by atoms with E-state index in [2.05, 4.69) is 24.5 Å². The summed E-state index contributed by atoms with van der Waals surface area (Å²) in [5, 5.41) is 13.3. The van der Waals surface area contributed by atoms with Gasteiger partial charge in [0.15, 0.2) is 5.76 Å². The highest BCUT2D eigenvalue weighted by molar-refractivity contribution is 7.95. The molecule has 0 aliphatic carbocycles. The summed E-state index contributed by atoms with van der Waals surface area (Å²) in [7, 11) is -1.33. The average Bonchev–Trinajstić information content (AvgIpc) is 3.23. The molecule has 2 atom stereocenters. The van der Waals surface area contributed by atoms with E-state index >= 15 is 0 Å². The van der Waals surface area contributed by atoms with E-state index in [0.29, 0.717) is 22.7 Å². The van der Waals surface area contributed by atoms with Crippen molar-refractivity contribution in [2.45, 2.75) is 31.1 Å². The highest BCUT2D eigenvalue weighted by atomic mass is 32.2. The van der Waals surface area contributed by atoms with Gasteiger partial charge in [0.1, 0.15) is 33.3 Å². The van der Waals surface area contributed by atoms with E-state index in [4.69, 9.17) is 10.3 Å². The molecule has 1 aliphatic rings. The van der Waals surface area contributed by atoms with E-state index in [-0.39, 0.29) is 23.0 Å². The van der Waals surface area contributed by atoms with Crippen LogP contribution >= 0.6 is 0 Å². The van der Waals surface area contributed by atoms with E-state index in [1.165, 1.54) is 25.5 Å². The number of hydrogen-bond acceptors (Lipinski definition) is 9. The van der Waals surface area contributed by atoms with Gasteiger partial charge in [-0.3, -0.25) is 4.99 Å². The predicted octanol–water partition coefficient (Wildman–Crippen LogP) is 3.11. The summed E-state index contributed by atoms with van der Waals surface area (Å²) in [4.78, 5) is 12.4. The lowest BCUT2D eigenvalue weighted by molar-refractivity contribution is 0.433. The molecule has 2 aromatic heterocycles. The van der Waals surface area contributed by atoms with Crippen LogP contribution in [0.25, 0.3) is 22.7 Å². The molecule has 1 unspecified atom stereocenters. The molecule has 32 heavy (non-hydrogen) atoms. The second kappa shape index (κ2) is 7.37. The monoisotopic (exact) mass is 458 g/mol. The second-order valence-electron chi connectivity index (χ2n) is 8.28. The van der Waals surface area contributed by atoms with Gasteiger partial charge in [0.25, 0.3) is 0 Å². The summed E-state index contributed by atoms with van der Waals surface area (Å²) in [6, 6.07) is 6.07. The van der Waals surface area contributed by atoms with Crippen molar-refractivity contribution < 1.29 is 18.2 Å². The number of aliphatic imine (C=N–C) groups is 1. The fourth-order valence-electron chi connectivity index (χ4n) is 3.67. The number of aromatic hydroxyl groups is 1. The molecule has 1 aliphatic heterocycles. The van der Waals surface area contributed by atoms with E-state index in [9.17, 15) is 13.7 Å². The molecule has 3 N–H and O–H groups in total. The first kappa shape index (κ1) is 21.9. The van der Waals surface area contributed by atoms with Gasteiger partial charge in [-0.25, -0.2) is 22.9 Å². The summed E-state index contributed by atoms with van der Waals surface area (Å²) < 4.78 is 37.2. The van der Waals surface area contributed by atoms with Crippen molar-refractivity contribution in [3.8, 4) is 28.6 Å². The number of nitrogens with zero attached hydrogens (tertiary/aromatic N) is 5. The van der Waals surface area contributed by atoms with Crippen molar-refractivity contribution in [2.75, 3.05) is 12.8 Å². The minimum Gasteiger partial charge on any atom is -0.492 e. The van der Waals surface area contributed by atoms with Gasteiger partial charge in [-0.1, -0.05) is 5.16 Å². The number of hydrogen-bond donors (Lipinski definition) is 2. The molecule has 11 heteroatoms. The standard InChI is InChI=1S/C21H23FN6O3S/c1-20(2)19(23)27-21(3,11-32(20,30)24-4)13-7-12(5-6-14(13)22)17-8-15(28-31-17)16-9-26-18(29)10-25-16/h5-10H,11H2,1-4H3,(H2,23,27)(H,26,29)/t21-,32?/m0/s1. The maximum Gasteiger partial charge on any atom is 0.229 e. The fraction of sp³-hybridized carbons (Fsp3) is 0.333. The molecule has 0 amide bonds. The minimum atomic E-state index is -2.81. The highest BCUT2D eigenvalue weighted by Crippen LogP contribution is 2.40. The summed E-state index contributed by atoms with van der Waals surface area (Å²) >= 11 is 0. The molecule has 3 heterocycles. The molecule has 0 bridgehead atoms. The van der Waals surface area contributed by atoms with E-state index in [0.717, 1.165) is 0 Å². The van der Waals surface area contributed by atoms with Gasteiger partial charge in [0, 0.05) is 24.2 Å². The zero-order chi connectivity index (χ0) is 23.3. The molecule has 4 rings (SSSR count). The Kier molecular flexibility index (Phi) is 5.04. The van der Waals surface area contributed by atoms with Crippen molar-refractivity contribution >= 4 is 15.6 Å². The molecule has 0 radical (unpaired) electrons. The maximum absolute atomic E-state index is 15.0. The Balaban J connectivity index is 1.78. The van der Waals surface area contributed by atoms with Crippen LogP contribution in [0.5, 0.6) is 5.88 Å². The van der Waals surface area contributed by atoms with Crippen LogP contribution in [-0.2, 0) is 15.3 Å². The summed E-state index contributed by atoms with van der Waals surface area (Å²) in [6.07, 6.45) is 2.56. The minimum absolute atomic E-state index is 0.0231. The first-order valence-corrected chi connectivity index (χ1v) is 11.4. The van der Waals surface area contributed by atoms with Gasteiger partial charge < -0.3 is 15.4 Å². The lowest BCUT2D eigenvalue weighted by atomic mass is 9.91. The zero-order valence-corrected chi connectivity index (χ0v) is 18.9. The Morgan fingerprint density at radius 3 is 2.59 bits per heavy atom. The molecule has 0 saturated heterocycles. The van der Waals surface area contributed by atoms with Crippen LogP contribution in [0, 0.1) is 5.82 Å². The summed E-state index contributed by atoms with van der Waals surface area (Å²) in [6.45, 7) is 5.16. The number of nitrogens with two attached hydrogens (primary N) is 1. The molecule has 0 fully saturated rings. The SMILES string of the molecule is CN=S1(=O)C[C@@](C)(c2cc(-c3cc(-c4cnc(O)cn4)no3)ccc2F)N=C(N)C1(C)C. The number of rotatable bonds is 3. The maximum atomic E-state index is 15.0. The van der Waals surface area contributed by atoms with Crippen molar-refractivity contribution in [3.05, 3.63) is 48.0 Å². The normalized spacial score (nSPS) is 24.7. The van der Waals surface area contributed by atoms with E-state index in [1.54, 1.807) is 39.0 Å². The quantitative estimate of drug-likeness (QED) is 0.614. The van der Waals surface area contributed by atoms with Crippen LogP contribution in [-0.4, -0.2) is 47.8 Å². The Hall–Kier alpha value is -3.34. The van der Waals surface area contributed by atoms with Crippen molar-refractivity contribution in [3.63, 3.8) is 0 Å². The van der Waals surface area contributed by atoms with Crippen molar-refractivity contribution in [1.82, 2.24) is 15.1 Å². The van der Waals surface area contributed by atoms with Gasteiger partial charge in [-0.05, 0) is 39.0 Å². The highest BCUT2D eigenvalue weighted by Gasteiger charge is 2.47. The van der Waals surface area contributed by atoms with Gasteiger partial charge >= 0.3 is 0 Å². The third kappa shape index (κ3) is 3.42. The zero-order valence-electron chi connectivity index (χ0n) is 18.0. The van der Waals surface area contributed by atoms with Crippen LogP contribution in [0.3, 0.4) is 0 Å². The number of amidine groups is 1. The fourth-order valence-corrected chi connectivity index (χ4v) is 5.97. The Morgan fingerprint density at radius 1 is 1.19 bits per heavy atom. The van der Waals surface area contributed by atoms with Crippen molar-refractivity contribution in [2.24, 2.45) is 15.1 Å². The molecule has 3 aromatic rings. The lowest BCUT2D eigenvalue weighted by Crippen LogP contribution is -2.54. The molecular weight excluding hydrogens is 435 g/mol. The van der Waals surface area contributed by atoms with Crippen LogP contribution in [0.15, 0.2) is 50.5 Å². The van der Waals surface area contributed by atoms with Crippen LogP contribution in [0.1, 0.15) is 26.3 Å². The van der Waals surface area contributed by atoms with Crippen LogP contribution in [0.4, 0.5) is 4.39 Å². The van der Waals surface area contributed by atoms with E-state index in [1.807, 2.05) is 0 Å². The molecular formula is C21H23FN6O3S. The van der Waals surface area contributed by atoms with Crippen molar-refractivity contribution in [1.29, 1.82) is 0 Å². The topological polar surface area (TPSA) is 140 Å². The smallest absolute Gasteiger partial charge is 0.229 e. The van der Waals surface area contributed by atoms with Gasteiger partial charge in [0.2, 0.25) is 5.88 Å². The average molecular weight is 459 g/mol. The van der Waals surface area contributed by atoms with Gasteiger partial charge in [-0.2, -0.15) is 0 Å². The van der Waals surface area contributed by atoms with Crippen LogP contribution < -0.4 is 5.73 Å². The van der Waals surface area contributed by atoms with Gasteiger partial charge in [-0.15, -0.1) is 0 Å². The third-order valence-corrected chi connectivity index (χ3v) is 9.14. The Bertz CT molecular complexity index is 1340. The lowest BCUT2D eigenvalue weighted by Gasteiger charge is -2.40. The molecule has 0 saturated carbocycles. The second-order valence-corrected chi connectivity index (χ2v) is 11.2. The Morgan fingerprint density at radius 2 is 1.94 bits per heavy atom. The largest absolute Gasteiger partial charge is 0.492 e. The predicted molar refractivity (Wildman–Crippen MR) is 119 cm³/mol. The molecule has 9 nitrogen and oxygen atoms in total. The third-order valence-electron chi connectivity index (χ3n) is 5.79. The van der Waals surface area contributed by atoms with E-state index < -0.39 is 25.8 Å². The summed E-state index contributed by atoms with van der Waals surface area (Å²) in [5.74, 6) is -0.155. The Labute approximate surface area is 184 Å². The molecule has 168 valence electrons. The number of aromatic nitrogens is 3. The first-order valence-electron chi connectivity index (χ1n) is 9.76. The first-order chi connectivity index (χ1) is 15.0. The van der Waals surface area contributed by atoms with Gasteiger partial charge in [0.05, 0.1) is 27.9 Å². The molecule has 1 aromatic carbocycles. The summed E-state index contributed by atoms with van der Waals surface area (Å²) in [5.41, 5.74) is 6.59. The molecule has 0 spiro atoms.